The first-order valence-corrected chi connectivity index (χ1v) is 11.1. The van der Waals surface area contributed by atoms with E-state index in [-0.39, 0.29) is 24.9 Å². The highest BCUT2D eigenvalue weighted by Gasteiger charge is 2.39. The first-order valence-electron chi connectivity index (χ1n) is 9.48. The van der Waals surface area contributed by atoms with Crippen LogP contribution < -0.4 is 5.73 Å². The number of nitrogen functional groups attached to an aromatic ring is 1. The van der Waals surface area contributed by atoms with Crippen LogP contribution in [0.5, 0.6) is 0 Å². The number of nitrogens with one attached hydrogen (secondary N) is 1. The van der Waals surface area contributed by atoms with E-state index in [9.17, 15) is 4.57 Å². The minimum Gasteiger partial charge on any atom is -0.382 e. The summed E-state index contributed by atoms with van der Waals surface area (Å²) in [6.45, 7) is 3.89. The van der Waals surface area contributed by atoms with E-state index in [0.717, 1.165) is 6.42 Å². The normalized spacial score (nSPS) is 13.1. The molecule has 0 fully saturated rings. The molecule has 1 atom stereocenters. The maximum Gasteiger partial charge on any atom is 0.366 e. The molecule has 3 N–H and O–H groups in total. The fourth-order valence-corrected chi connectivity index (χ4v) is 4.78. The number of rotatable bonds is 10. The number of anilines is 1. The molecule has 9 nitrogen and oxygen atoms in total. The average molecular weight is 419 g/mol. The molecule has 2 aromatic heterocycles. The zero-order chi connectivity index (χ0) is 20.9. The molecular weight excluding hydrogens is 393 g/mol. The molecule has 156 valence electrons. The number of aryl methyl sites for hydroxylation is 2. The maximum absolute atomic E-state index is 13.1. The minimum atomic E-state index is -3.59. The zero-order valence-corrected chi connectivity index (χ0v) is 17.7. The monoisotopic (exact) mass is 419 g/mol. The third-order valence-electron chi connectivity index (χ3n) is 4.29. The third kappa shape index (κ3) is 4.82. The summed E-state index contributed by atoms with van der Waals surface area (Å²) in [5, 5.41) is 0. The smallest absolute Gasteiger partial charge is 0.366 e. The number of aromatic amines is 1. The number of methoxy groups -OCH3 is 1. The molecule has 1 unspecified atom stereocenters. The van der Waals surface area contributed by atoms with E-state index in [4.69, 9.17) is 19.5 Å². The average Bonchev–Trinajstić information content (AvgIpc) is 3.12. The zero-order valence-electron chi connectivity index (χ0n) is 16.8. The van der Waals surface area contributed by atoms with Crippen LogP contribution >= 0.6 is 7.60 Å². The van der Waals surface area contributed by atoms with Gasteiger partial charge in [0.1, 0.15) is 11.3 Å². The van der Waals surface area contributed by atoms with Gasteiger partial charge in [-0.15, -0.1) is 0 Å². The van der Waals surface area contributed by atoms with Crippen LogP contribution in [-0.4, -0.2) is 40.3 Å². The van der Waals surface area contributed by atoms with Crippen molar-refractivity contribution in [2.24, 2.45) is 0 Å². The van der Waals surface area contributed by atoms with Gasteiger partial charge in [-0.05, 0) is 25.8 Å². The number of imidazole rings is 1. The molecule has 0 saturated heterocycles. The first-order chi connectivity index (χ1) is 14.0. The predicted octanol–water partition coefficient (Wildman–Crippen LogP) is 3.63. The topological polar surface area (TPSA) is 125 Å². The van der Waals surface area contributed by atoms with Crippen molar-refractivity contribution in [1.29, 1.82) is 0 Å². The summed E-state index contributed by atoms with van der Waals surface area (Å²) in [7, 11) is -2.17. The summed E-state index contributed by atoms with van der Waals surface area (Å²) in [4.78, 5) is 16.3. The van der Waals surface area contributed by atoms with Crippen LogP contribution in [0.25, 0.3) is 11.2 Å². The second-order valence-corrected chi connectivity index (χ2v) is 8.36. The van der Waals surface area contributed by atoms with E-state index < -0.39 is 13.4 Å². The Labute approximate surface area is 169 Å². The predicted molar refractivity (Wildman–Crippen MR) is 111 cm³/mol. The second-order valence-electron chi connectivity index (χ2n) is 6.29. The van der Waals surface area contributed by atoms with Crippen molar-refractivity contribution >= 4 is 24.6 Å². The van der Waals surface area contributed by atoms with Gasteiger partial charge in [0.2, 0.25) is 5.85 Å². The Kier molecular flexibility index (Phi) is 6.97. The van der Waals surface area contributed by atoms with Gasteiger partial charge in [-0.1, -0.05) is 30.3 Å². The lowest BCUT2D eigenvalue weighted by Gasteiger charge is -2.23. The standard InChI is InChI=1S/C19H26N5O4P/c1-4-27-29(25,28-5-2)19(26-3)18-23-15-16(20)21-14(22-17(15)24-18)12-11-13-9-7-6-8-10-13/h6-10,19H,4-5,11-12H2,1-3H3,(H3,20,21,22,23,24). The summed E-state index contributed by atoms with van der Waals surface area (Å²) < 4.78 is 29.3. The molecule has 0 aliphatic heterocycles. The summed E-state index contributed by atoms with van der Waals surface area (Å²) in [5.41, 5.74) is 8.15. The Bertz CT molecular complexity index is 985. The Morgan fingerprint density at radius 1 is 1.07 bits per heavy atom. The molecule has 1 aromatic carbocycles. The van der Waals surface area contributed by atoms with E-state index in [1.54, 1.807) is 13.8 Å². The maximum atomic E-state index is 13.1. The van der Waals surface area contributed by atoms with Crippen molar-refractivity contribution < 1.29 is 18.3 Å². The van der Waals surface area contributed by atoms with Crippen molar-refractivity contribution in [3.05, 3.63) is 47.5 Å². The number of nitrogens with two attached hydrogens (primary N) is 1. The molecule has 29 heavy (non-hydrogen) atoms. The Morgan fingerprint density at radius 2 is 1.76 bits per heavy atom. The lowest BCUT2D eigenvalue weighted by atomic mass is 10.1. The van der Waals surface area contributed by atoms with Crippen LogP contribution in [0.3, 0.4) is 0 Å². The van der Waals surface area contributed by atoms with E-state index in [1.807, 2.05) is 18.2 Å². The van der Waals surface area contributed by atoms with Gasteiger partial charge >= 0.3 is 7.60 Å². The molecule has 0 aliphatic carbocycles. The quantitative estimate of drug-likeness (QED) is 0.477. The van der Waals surface area contributed by atoms with Crippen LogP contribution in [0, 0.1) is 0 Å². The molecule has 3 aromatic rings. The summed E-state index contributed by atoms with van der Waals surface area (Å²) in [6, 6.07) is 10.1. The van der Waals surface area contributed by atoms with E-state index in [2.05, 4.69) is 32.1 Å². The highest BCUT2D eigenvalue weighted by atomic mass is 31.2. The largest absolute Gasteiger partial charge is 0.382 e. The van der Waals surface area contributed by atoms with Crippen LogP contribution in [0.4, 0.5) is 5.82 Å². The molecule has 0 aliphatic rings. The molecule has 0 radical (unpaired) electrons. The molecule has 2 heterocycles. The van der Waals surface area contributed by atoms with Gasteiger partial charge in [0.25, 0.3) is 0 Å². The second kappa shape index (κ2) is 9.45. The van der Waals surface area contributed by atoms with Gasteiger partial charge in [-0.2, -0.15) is 0 Å². The first kappa shape index (κ1) is 21.4. The highest BCUT2D eigenvalue weighted by molar-refractivity contribution is 7.54. The fourth-order valence-electron chi connectivity index (χ4n) is 3.04. The number of aromatic nitrogens is 4. The number of ether oxygens (including phenoxy) is 1. The number of fused-ring (bicyclic) bond motifs is 1. The number of hydrogen-bond acceptors (Lipinski definition) is 8. The van der Waals surface area contributed by atoms with Crippen molar-refractivity contribution in [3.8, 4) is 0 Å². The molecular formula is C19H26N5O4P. The van der Waals surface area contributed by atoms with Crippen LogP contribution in [0.2, 0.25) is 0 Å². The van der Waals surface area contributed by atoms with Crippen LogP contribution in [0.15, 0.2) is 30.3 Å². The van der Waals surface area contributed by atoms with E-state index in [0.29, 0.717) is 23.4 Å². The number of benzene rings is 1. The Morgan fingerprint density at radius 3 is 2.38 bits per heavy atom. The van der Waals surface area contributed by atoms with Gasteiger partial charge < -0.3 is 24.5 Å². The molecule has 0 saturated carbocycles. The molecule has 0 spiro atoms. The fraction of sp³-hybridized carbons (Fsp3) is 0.421. The summed E-state index contributed by atoms with van der Waals surface area (Å²) in [5.74, 6) is 0.107. The van der Waals surface area contributed by atoms with E-state index >= 15 is 0 Å². The Hall–Kier alpha value is -2.32. The summed E-state index contributed by atoms with van der Waals surface area (Å²) in [6.07, 6.45) is 1.41. The highest BCUT2D eigenvalue weighted by Crippen LogP contribution is 2.60. The molecule has 3 rings (SSSR count). The number of H-pyrrole nitrogens is 1. The van der Waals surface area contributed by atoms with Gasteiger partial charge in [0.15, 0.2) is 17.3 Å². The van der Waals surface area contributed by atoms with Crippen molar-refractivity contribution in [2.75, 3.05) is 26.1 Å². The van der Waals surface area contributed by atoms with Gasteiger partial charge in [0.05, 0.1) is 13.2 Å². The SMILES string of the molecule is CCOP(=O)(OCC)C(OC)c1nc2nc(CCc3ccccc3)nc(N)c2[nH]1. The van der Waals surface area contributed by atoms with Crippen molar-refractivity contribution in [2.45, 2.75) is 32.5 Å². The van der Waals surface area contributed by atoms with Gasteiger partial charge in [-0.25, -0.2) is 15.0 Å². The lowest BCUT2D eigenvalue weighted by Crippen LogP contribution is -2.10. The van der Waals surface area contributed by atoms with Crippen LogP contribution in [-0.2, 0) is 31.2 Å². The molecule has 0 bridgehead atoms. The number of hydrogen-bond donors (Lipinski definition) is 2. The number of nitrogens with zero attached hydrogens (tertiary/aromatic N) is 3. The Balaban J connectivity index is 1.90. The lowest BCUT2D eigenvalue weighted by molar-refractivity contribution is 0.105. The summed E-state index contributed by atoms with van der Waals surface area (Å²) >= 11 is 0. The van der Waals surface area contributed by atoms with Crippen molar-refractivity contribution in [1.82, 2.24) is 19.9 Å². The molecule has 0 amide bonds. The van der Waals surface area contributed by atoms with E-state index in [1.165, 1.54) is 12.7 Å². The molecule has 10 heteroatoms. The minimum absolute atomic E-state index is 0.211. The van der Waals surface area contributed by atoms with Crippen LogP contribution in [0.1, 0.15) is 36.9 Å². The van der Waals surface area contributed by atoms with Crippen molar-refractivity contribution in [3.63, 3.8) is 0 Å². The third-order valence-corrected chi connectivity index (χ3v) is 6.55. The van der Waals surface area contributed by atoms with Gasteiger partial charge in [-0.3, -0.25) is 4.57 Å². The van der Waals surface area contributed by atoms with Gasteiger partial charge in [0, 0.05) is 13.5 Å².